The number of carbonyl (C=O) groups excluding carboxylic acids is 9. The summed E-state index contributed by atoms with van der Waals surface area (Å²) in [4.78, 5) is 130. The van der Waals surface area contributed by atoms with Gasteiger partial charge in [0.05, 0.1) is 0 Å². The minimum Gasteiger partial charge on any atom is -0.458 e. The van der Waals surface area contributed by atoms with Crippen molar-refractivity contribution in [3.8, 4) is 0 Å². The number of aliphatic hydroxyl groups is 1. The van der Waals surface area contributed by atoms with Crippen molar-refractivity contribution >= 4 is 53.4 Å². The van der Waals surface area contributed by atoms with Crippen LogP contribution in [0.3, 0.4) is 0 Å². The van der Waals surface area contributed by atoms with Crippen LogP contribution in [0.25, 0.3) is 0 Å². The molecule has 20 heteroatoms. The van der Waals surface area contributed by atoms with Crippen molar-refractivity contribution in [3.05, 3.63) is 71.8 Å². The number of nitrogens with zero attached hydrogens (tertiary/aromatic N) is 2. The molecule has 394 valence electrons. The predicted molar refractivity (Wildman–Crippen MR) is 264 cm³/mol. The topological polar surface area (TPSA) is 271 Å². The van der Waals surface area contributed by atoms with Gasteiger partial charge in [0.15, 0.2) is 0 Å². The highest BCUT2D eigenvalue weighted by Gasteiger charge is 2.46. The molecule has 2 bridgehead atoms. The number of piperidine rings is 1. The minimum atomic E-state index is -1.69. The van der Waals surface area contributed by atoms with Crippen molar-refractivity contribution in [3.63, 3.8) is 0 Å². The van der Waals surface area contributed by atoms with E-state index in [9.17, 15) is 48.3 Å². The molecule has 3 aliphatic rings. The number of carbonyl (C=O) groups is 9. The first-order valence-corrected chi connectivity index (χ1v) is 25.2. The molecule has 0 radical (unpaired) electrons. The SMILES string of the molecule is CC(C)C[C@H]1C(=O)N(C)[C@@H](Cc2ccccc2)C(=O)N[C@@H](C(C)C)C(=O)O[C@H](C)[C@H](NC(=O)[C@H](C)NC(=O)C(C)NC(=O)OCc2ccccc2)C(=O)N[C@@H](C2CCCCC2)C(=O)N[C@H]2CC[C@@H](O)N1C2=O. The van der Waals surface area contributed by atoms with Crippen molar-refractivity contribution in [2.45, 2.75) is 174 Å². The van der Waals surface area contributed by atoms with Gasteiger partial charge in [-0.3, -0.25) is 33.6 Å². The van der Waals surface area contributed by atoms with E-state index in [0.717, 1.165) is 29.7 Å². The molecular weight excluding hydrogens is 929 g/mol. The molecule has 2 aromatic rings. The molecular formula is C52H74N8O12. The third kappa shape index (κ3) is 15.2. The molecule has 20 nitrogen and oxygen atoms in total. The summed E-state index contributed by atoms with van der Waals surface area (Å²) in [7, 11) is 1.43. The number of alkyl carbamates (subject to hydrolysis) is 1. The van der Waals surface area contributed by atoms with Crippen molar-refractivity contribution < 1.29 is 57.7 Å². The van der Waals surface area contributed by atoms with Gasteiger partial charge in [-0.2, -0.15) is 0 Å². The highest BCUT2D eigenvalue weighted by molar-refractivity contribution is 5.98. The van der Waals surface area contributed by atoms with E-state index in [1.54, 1.807) is 68.4 Å². The summed E-state index contributed by atoms with van der Waals surface area (Å²) in [5, 5.41) is 27.4. The van der Waals surface area contributed by atoms with Gasteiger partial charge >= 0.3 is 12.1 Å². The maximum absolute atomic E-state index is 14.8. The van der Waals surface area contributed by atoms with Gasteiger partial charge in [-0.15, -0.1) is 0 Å². The Morgan fingerprint density at radius 1 is 0.722 bits per heavy atom. The van der Waals surface area contributed by atoms with Crippen LogP contribution in [-0.4, -0.2) is 136 Å². The molecule has 2 aliphatic heterocycles. The second-order valence-corrected chi connectivity index (χ2v) is 20.1. The van der Waals surface area contributed by atoms with Crippen LogP contribution in [0.5, 0.6) is 0 Å². The second kappa shape index (κ2) is 26.2. The molecule has 1 aliphatic carbocycles. The number of hydrogen-bond acceptors (Lipinski definition) is 12. The van der Waals surface area contributed by atoms with Crippen molar-refractivity contribution in [1.29, 1.82) is 0 Å². The summed E-state index contributed by atoms with van der Waals surface area (Å²) in [5.41, 5.74) is 1.41. The zero-order valence-corrected chi connectivity index (χ0v) is 42.7. The Kier molecular flexibility index (Phi) is 20.5. The Hall–Kier alpha value is -6.57. The lowest BCUT2D eigenvalue weighted by molar-refractivity contribution is -0.166. The lowest BCUT2D eigenvalue weighted by Gasteiger charge is -2.43. The fourth-order valence-electron chi connectivity index (χ4n) is 9.34. The van der Waals surface area contributed by atoms with Gasteiger partial charge in [0.2, 0.25) is 41.4 Å². The number of fused-ring (bicyclic) bond motifs is 2. The average molecular weight is 1000 g/mol. The summed E-state index contributed by atoms with van der Waals surface area (Å²) in [6, 6.07) is 7.29. The Labute approximate surface area is 421 Å². The van der Waals surface area contributed by atoms with Gasteiger partial charge in [0, 0.05) is 13.5 Å². The van der Waals surface area contributed by atoms with Crippen LogP contribution in [0.1, 0.15) is 111 Å². The molecule has 2 aromatic carbocycles. The number of aliphatic hydroxyl groups excluding tert-OH is 1. The van der Waals surface area contributed by atoms with E-state index in [2.05, 4.69) is 31.9 Å². The van der Waals surface area contributed by atoms with Crippen molar-refractivity contribution in [2.24, 2.45) is 17.8 Å². The third-order valence-corrected chi connectivity index (χ3v) is 13.6. The summed E-state index contributed by atoms with van der Waals surface area (Å²) in [5.74, 6) is -7.55. The summed E-state index contributed by atoms with van der Waals surface area (Å²) in [6.07, 6.45) is -0.182. The normalized spacial score (nSPS) is 26.2. The van der Waals surface area contributed by atoms with E-state index < -0.39 is 126 Å². The average Bonchev–Trinajstić information content (AvgIpc) is 3.35. The predicted octanol–water partition coefficient (Wildman–Crippen LogP) is 2.35. The van der Waals surface area contributed by atoms with E-state index >= 15 is 0 Å². The molecule has 3 fully saturated rings. The van der Waals surface area contributed by atoms with E-state index in [1.807, 2.05) is 19.9 Å². The smallest absolute Gasteiger partial charge is 0.408 e. The summed E-state index contributed by atoms with van der Waals surface area (Å²) in [6.45, 7) is 11.1. The molecule has 0 spiro atoms. The van der Waals surface area contributed by atoms with Crippen molar-refractivity contribution in [2.75, 3.05) is 7.05 Å². The van der Waals surface area contributed by atoms with E-state index in [-0.39, 0.29) is 38.2 Å². The minimum absolute atomic E-state index is 0.000290. The molecule has 2 heterocycles. The van der Waals surface area contributed by atoms with Gasteiger partial charge in [-0.1, -0.05) is 108 Å². The maximum atomic E-state index is 14.8. The molecule has 1 saturated carbocycles. The highest BCUT2D eigenvalue weighted by Crippen LogP contribution is 2.29. The van der Waals surface area contributed by atoms with Crippen LogP contribution in [0.15, 0.2) is 60.7 Å². The number of likely N-dealkylation sites (N-methyl/N-ethyl adjacent to an activating group) is 1. The van der Waals surface area contributed by atoms with Crippen LogP contribution in [-0.2, 0) is 60.9 Å². The Morgan fingerprint density at radius 3 is 1.94 bits per heavy atom. The van der Waals surface area contributed by atoms with Crippen LogP contribution in [0.2, 0.25) is 0 Å². The molecule has 2 saturated heterocycles. The molecule has 5 rings (SSSR count). The molecule has 0 aromatic heterocycles. The van der Waals surface area contributed by atoms with Crippen molar-refractivity contribution in [1.82, 2.24) is 41.7 Å². The number of esters is 1. The van der Waals surface area contributed by atoms with E-state index in [4.69, 9.17) is 9.47 Å². The van der Waals surface area contributed by atoms with Crippen LogP contribution in [0.4, 0.5) is 4.79 Å². The largest absolute Gasteiger partial charge is 0.458 e. The Balaban J connectivity index is 1.49. The lowest BCUT2D eigenvalue weighted by atomic mass is 9.83. The molecule has 7 N–H and O–H groups in total. The second-order valence-electron chi connectivity index (χ2n) is 20.1. The van der Waals surface area contributed by atoms with Crippen LogP contribution < -0.4 is 31.9 Å². The Bertz CT molecular complexity index is 2220. The zero-order chi connectivity index (χ0) is 52.8. The molecule has 10 atom stereocenters. The number of rotatable bonds is 13. The molecule has 72 heavy (non-hydrogen) atoms. The zero-order valence-electron chi connectivity index (χ0n) is 42.7. The number of nitrogens with one attached hydrogen (secondary N) is 6. The van der Waals surface area contributed by atoms with Gasteiger partial charge in [0.25, 0.3) is 0 Å². The number of cyclic esters (lactones) is 1. The van der Waals surface area contributed by atoms with Gasteiger partial charge < -0.3 is 56.3 Å². The van der Waals surface area contributed by atoms with Gasteiger partial charge in [-0.25, -0.2) is 9.59 Å². The lowest BCUT2D eigenvalue weighted by Crippen LogP contribution is -2.65. The monoisotopic (exact) mass is 1000 g/mol. The quantitative estimate of drug-likeness (QED) is 0.143. The Morgan fingerprint density at radius 2 is 1.33 bits per heavy atom. The van der Waals surface area contributed by atoms with Crippen LogP contribution in [0, 0.1) is 17.8 Å². The maximum Gasteiger partial charge on any atom is 0.408 e. The molecule has 1 unspecified atom stereocenters. The summed E-state index contributed by atoms with van der Waals surface area (Å²) >= 11 is 0. The third-order valence-electron chi connectivity index (χ3n) is 13.6. The first kappa shape index (κ1) is 56.3. The number of benzene rings is 2. The molecule has 8 amide bonds. The first-order chi connectivity index (χ1) is 34.2. The fourth-order valence-corrected chi connectivity index (χ4v) is 9.34. The fraction of sp³-hybridized carbons (Fsp3) is 0.596. The summed E-state index contributed by atoms with van der Waals surface area (Å²) < 4.78 is 11.2. The highest BCUT2D eigenvalue weighted by atomic mass is 16.6. The number of hydrogen-bond donors (Lipinski definition) is 7. The van der Waals surface area contributed by atoms with Gasteiger partial charge in [0.1, 0.15) is 67.3 Å². The van der Waals surface area contributed by atoms with E-state index in [0.29, 0.717) is 18.4 Å². The first-order valence-electron chi connectivity index (χ1n) is 25.2. The van der Waals surface area contributed by atoms with E-state index in [1.165, 1.54) is 32.7 Å². The standard InChI is InChI=1S/C52H74N8O12/c1-29(2)26-39-50(68)59(8)38(27-34-18-12-9-13-19-34)46(64)56-41(30(3)4)51(69)72-33(7)42(57-45(63)31(5)53-44(62)32(6)54-52(70)71-28-35-20-14-10-15-21-35)47(65)58-43(36-22-16-11-17-23-36)48(66)55-37-24-25-40(61)60(39)49(37)67/h9-10,12-15,18-21,29-33,36-43,61H,11,16-17,22-28H2,1-8H3,(H,53,62)(H,54,70)(H,55,66)(H,56,64)(H,57,63)(H,58,65)/t31-,32?,33+,37-,38-,39-,40+,41-,42-,43-/m0/s1. The van der Waals surface area contributed by atoms with Gasteiger partial charge in [-0.05, 0) is 81.8 Å². The number of amides is 8. The number of ether oxygens (including phenoxy) is 2. The van der Waals surface area contributed by atoms with Crippen LogP contribution >= 0.6 is 0 Å².